The molecule has 2 aliphatic heterocycles. The van der Waals surface area contributed by atoms with Crippen LogP contribution in [0.25, 0.3) is 0 Å². The van der Waals surface area contributed by atoms with Gasteiger partial charge in [-0.3, -0.25) is 0 Å². The van der Waals surface area contributed by atoms with E-state index in [4.69, 9.17) is 4.74 Å². The second kappa shape index (κ2) is 5.75. The molecule has 1 N–H and O–H groups in total. The lowest BCUT2D eigenvalue weighted by Gasteiger charge is -2.35. The number of sulfonamides is 1. The fourth-order valence-electron chi connectivity index (χ4n) is 2.60. The van der Waals surface area contributed by atoms with Gasteiger partial charge in [0.25, 0.3) is 0 Å². The number of nitrogens with zero attached hydrogens (tertiary/aromatic N) is 2. The van der Waals surface area contributed by atoms with Crippen LogP contribution in [0.4, 0.5) is 0 Å². The summed E-state index contributed by atoms with van der Waals surface area (Å²) < 4.78 is 32.3. The molecule has 0 bridgehead atoms. The lowest BCUT2D eigenvalue weighted by atomic mass is 9.91. The van der Waals surface area contributed by atoms with Gasteiger partial charge in [0, 0.05) is 19.7 Å². The molecule has 0 saturated carbocycles. The highest BCUT2D eigenvalue weighted by Gasteiger charge is 2.38. The number of hydrogen-bond acceptors (Lipinski definition) is 5. The van der Waals surface area contributed by atoms with Gasteiger partial charge in [0.2, 0.25) is 10.0 Å². The molecule has 2 heterocycles. The molecule has 0 radical (unpaired) electrons. The molecule has 6 nitrogen and oxygen atoms in total. The standard InChI is InChI=1S/C12H21N3O3S/c1-15-6-4-12(10-13,5-7-15)14-19(16,17)9-11-3-2-8-18-11/h11,14H,2-9H2,1H3. The van der Waals surface area contributed by atoms with E-state index in [0.717, 1.165) is 25.9 Å². The molecule has 1 atom stereocenters. The molecule has 0 aliphatic carbocycles. The van der Waals surface area contributed by atoms with Gasteiger partial charge in [-0.1, -0.05) is 0 Å². The van der Waals surface area contributed by atoms with Gasteiger partial charge in [-0.25, -0.2) is 8.42 Å². The third kappa shape index (κ3) is 3.89. The maximum Gasteiger partial charge on any atom is 0.215 e. The van der Waals surface area contributed by atoms with Crippen LogP contribution in [-0.2, 0) is 14.8 Å². The van der Waals surface area contributed by atoms with Crippen molar-refractivity contribution in [2.75, 3.05) is 32.5 Å². The van der Waals surface area contributed by atoms with E-state index < -0.39 is 15.6 Å². The molecule has 2 fully saturated rings. The molecule has 19 heavy (non-hydrogen) atoms. The first kappa shape index (κ1) is 14.7. The van der Waals surface area contributed by atoms with Crippen LogP contribution in [0.2, 0.25) is 0 Å². The summed E-state index contributed by atoms with van der Waals surface area (Å²) in [5.74, 6) is -0.0354. The Hall–Kier alpha value is -0.680. The zero-order valence-corrected chi connectivity index (χ0v) is 12.1. The van der Waals surface area contributed by atoms with Gasteiger partial charge < -0.3 is 9.64 Å². The summed E-state index contributed by atoms with van der Waals surface area (Å²) in [5, 5.41) is 9.33. The van der Waals surface area contributed by atoms with E-state index in [9.17, 15) is 13.7 Å². The highest BCUT2D eigenvalue weighted by atomic mass is 32.2. The van der Waals surface area contributed by atoms with Crippen molar-refractivity contribution in [3.63, 3.8) is 0 Å². The van der Waals surface area contributed by atoms with Crippen LogP contribution in [0.3, 0.4) is 0 Å². The average Bonchev–Trinajstić information content (AvgIpc) is 2.84. The van der Waals surface area contributed by atoms with Crippen molar-refractivity contribution >= 4 is 10.0 Å². The third-order valence-corrected chi connectivity index (χ3v) is 5.35. The van der Waals surface area contributed by atoms with Gasteiger partial charge in [-0.05, 0) is 32.7 Å². The summed E-state index contributed by atoms with van der Waals surface area (Å²) in [6.07, 6.45) is 2.53. The molecule has 0 aromatic rings. The van der Waals surface area contributed by atoms with Crippen molar-refractivity contribution in [1.82, 2.24) is 9.62 Å². The minimum absolute atomic E-state index is 0.0354. The van der Waals surface area contributed by atoms with E-state index in [-0.39, 0.29) is 11.9 Å². The van der Waals surface area contributed by atoms with Crippen molar-refractivity contribution in [2.24, 2.45) is 0 Å². The molecule has 0 spiro atoms. The summed E-state index contributed by atoms with van der Waals surface area (Å²) in [6, 6.07) is 2.16. The Labute approximate surface area is 114 Å². The summed E-state index contributed by atoms with van der Waals surface area (Å²) >= 11 is 0. The molecule has 7 heteroatoms. The monoisotopic (exact) mass is 287 g/mol. The van der Waals surface area contributed by atoms with Crippen LogP contribution < -0.4 is 4.72 Å². The van der Waals surface area contributed by atoms with Crippen molar-refractivity contribution in [3.8, 4) is 6.07 Å². The summed E-state index contributed by atoms with van der Waals surface area (Å²) in [7, 11) is -1.49. The predicted octanol–water partition coefficient (Wildman–Crippen LogP) is 0.0728. The highest BCUT2D eigenvalue weighted by Crippen LogP contribution is 2.23. The highest BCUT2D eigenvalue weighted by molar-refractivity contribution is 7.89. The molecule has 108 valence electrons. The lowest BCUT2D eigenvalue weighted by Crippen LogP contribution is -2.54. The number of hydrogen-bond donors (Lipinski definition) is 1. The number of rotatable bonds is 4. The number of piperidine rings is 1. The maximum atomic E-state index is 12.1. The lowest BCUT2D eigenvalue weighted by molar-refractivity contribution is 0.127. The molecular weight excluding hydrogens is 266 g/mol. The Kier molecular flexibility index (Phi) is 4.46. The van der Waals surface area contributed by atoms with Crippen LogP contribution in [0.15, 0.2) is 0 Å². The molecule has 2 aliphatic rings. The van der Waals surface area contributed by atoms with Crippen molar-refractivity contribution in [3.05, 3.63) is 0 Å². The van der Waals surface area contributed by atoms with E-state index in [2.05, 4.69) is 15.7 Å². The van der Waals surface area contributed by atoms with E-state index in [0.29, 0.717) is 19.4 Å². The van der Waals surface area contributed by atoms with Gasteiger partial charge in [-0.2, -0.15) is 9.98 Å². The Balaban J connectivity index is 1.99. The van der Waals surface area contributed by atoms with E-state index in [1.54, 1.807) is 0 Å². The SMILES string of the molecule is CN1CCC(C#N)(NS(=O)(=O)CC2CCCO2)CC1. The quantitative estimate of drug-likeness (QED) is 0.791. The zero-order valence-electron chi connectivity index (χ0n) is 11.3. The molecule has 1 unspecified atom stereocenters. The van der Waals surface area contributed by atoms with Crippen LogP contribution in [0.1, 0.15) is 25.7 Å². The summed E-state index contributed by atoms with van der Waals surface area (Å²) in [6.45, 7) is 2.10. The Morgan fingerprint density at radius 3 is 2.68 bits per heavy atom. The predicted molar refractivity (Wildman–Crippen MR) is 71.0 cm³/mol. The minimum Gasteiger partial charge on any atom is -0.377 e. The fraction of sp³-hybridized carbons (Fsp3) is 0.917. The van der Waals surface area contributed by atoms with Gasteiger partial charge in [0.1, 0.15) is 5.54 Å². The van der Waals surface area contributed by atoms with Crippen LogP contribution in [0, 0.1) is 11.3 Å². The van der Waals surface area contributed by atoms with E-state index in [1.165, 1.54) is 0 Å². The number of ether oxygens (including phenoxy) is 1. The zero-order chi connectivity index (χ0) is 13.9. The van der Waals surface area contributed by atoms with Crippen molar-refractivity contribution in [2.45, 2.75) is 37.3 Å². The van der Waals surface area contributed by atoms with Crippen LogP contribution in [-0.4, -0.2) is 57.5 Å². The number of likely N-dealkylation sites (tertiary alicyclic amines) is 1. The van der Waals surface area contributed by atoms with Gasteiger partial charge in [0.15, 0.2) is 0 Å². The number of nitrogens with one attached hydrogen (secondary N) is 1. The van der Waals surface area contributed by atoms with Crippen molar-refractivity contribution in [1.29, 1.82) is 5.26 Å². The Bertz CT molecular complexity index is 443. The molecule has 0 aromatic carbocycles. The third-order valence-electron chi connectivity index (χ3n) is 3.83. The molecule has 2 rings (SSSR count). The van der Waals surface area contributed by atoms with Gasteiger partial charge in [0.05, 0.1) is 17.9 Å². The van der Waals surface area contributed by atoms with Crippen LogP contribution in [0.5, 0.6) is 0 Å². The summed E-state index contributed by atoms with van der Waals surface area (Å²) in [5.41, 5.74) is -0.941. The Morgan fingerprint density at radius 2 is 2.16 bits per heavy atom. The fourth-order valence-corrected chi connectivity index (χ4v) is 4.28. The minimum atomic E-state index is -3.47. The van der Waals surface area contributed by atoms with Crippen molar-refractivity contribution < 1.29 is 13.2 Å². The first-order chi connectivity index (χ1) is 8.95. The van der Waals surface area contributed by atoms with Crippen LogP contribution >= 0.6 is 0 Å². The molecule has 0 aromatic heterocycles. The molecule has 0 amide bonds. The second-order valence-corrected chi connectivity index (χ2v) is 7.28. The molecule has 2 saturated heterocycles. The van der Waals surface area contributed by atoms with E-state index in [1.807, 2.05) is 7.05 Å². The van der Waals surface area contributed by atoms with Gasteiger partial charge in [-0.15, -0.1) is 0 Å². The first-order valence-corrected chi connectivity index (χ1v) is 8.33. The van der Waals surface area contributed by atoms with E-state index >= 15 is 0 Å². The largest absolute Gasteiger partial charge is 0.377 e. The second-order valence-electron chi connectivity index (χ2n) is 5.52. The average molecular weight is 287 g/mol. The first-order valence-electron chi connectivity index (χ1n) is 6.68. The molecular formula is C12H21N3O3S. The summed E-state index contributed by atoms with van der Waals surface area (Å²) in [4.78, 5) is 2.10. The smallest absolute Gasteiger partial charge is 0.215 e. The maximum absolute atomic E-state index is 12.1. The normalized spacial score (nSPS) is 28.1. The number of nitriles is 1. The topological polar surface area (TPSA) is 82.4 Å². The Morgan fingerprint density at radius 1 is 1.47 bits per heavy atom. The van der Waals surface area contributed by atoms with Gasteiger partial charge >= 0.3 is 0 Å².